The van der Waals surface area contributed by atoms with E-state index in [-0.39, 0.29) is 17.9 Å². The number of carbonyl (C=O) groups is 1. The first-order chi connectivity index (χ1) is 17.4. The van der Waals surface area contributed by atoms with E-state index in [1.807, 2.05) is 32.0 Å². The lowest BCUT2D eigenvalue weighted by molar-refractivity contribution is -0.143. The molecule has 0 amide bonds. The molecule has 0 fully saturated rings. The van der Waals surface area contributed by atoms with Crippen LogP contribution in [0, 0.1) is 5.82 Å². The maximum atomic E-state index is 13.5. The molecule has 0 heterocycles. The molecule has 7 heteroatoms. The van der Waals surface area contributed by atoms with Crippen molar-refractivity contribution in [3.63, 3.8) is 0 Å². The largest absolute Gasteiger partial charge is 0.493 e. The first-order valence-corrected chi connectivity index (χ1v) is 12.6. The average Bonchev–Trinajstić information content (AvgIpc) is 2.85. The number of ether oxygens (including phenoxy) is 4. The summed E-state index contributed by atoms with van der Waals surface area (Å²) in [5.74, 6) is 1.48. The summed E-state index contributed by atoms with van der Waals surface area (Å²) >= 11 is 6.13. The average molecular weight is 515 g/mol. The molecule has 1 atom stereocenters. The molecule has 1 unspecified atom stereocenters. The van der Waals surface area contributed by atoms with Gasteiger partial charge < -0.3 is 18.9 Å². The van der Waals surface area contributed by atoms with E-state index < -0.39 is 0 Å². The summed E-state index contributed by atoms with van der Waals surface area (Å²) in [5, 5.41) is 0.488. The molecular weight excluding hydrogens is 483 g/mol. The molecule has 3 aromatic rings. The third-order valence-electron chi connectivity index (χ3n) is 5.51. The zero-order valence-electron chi connectivity index (χ0n) is 20.9. The molecule has 0 saturated heterocycles. The van der Waals surface area contributed by atoms with E-state index in [9.17, 15) is 9.18 Å². The van der Waals surface area contributed by atoms with Gasteiger partial charge >= 0.3 is 5.97 Å². The van der Waals surface area contributed by atoms with E-state index in [0.29, 0.717) is 54.7 Å². The van der Waals surface area contributed by atoms with Crippen LogP contribution in [0.3, 0.4) is 0 Å². The van der Waals surface area contributed by atoms with Gasteiger partial charge in [0.2, 0.25) is 0 Å². The Balaban J connectivity index is 1.55. The highest BCUT2D eigenvalue weighted by atomic mass is 35.5. The lowest BCUT2D eigenvalue weighted by Gasteiger charge is -2.18. The fourth-order valence-electron chi connectivity index (χ4n) is 3.67. The van der Waals surface area contributed by atoms with Crippen LogP contribution in [0.15, 0.2) is 60.7 Å². The second-order valence-corrected chi connectivity index (χ2v) is 8.74. The summed E-state index contributed by atoms with van der Waals surface area (Å²) in [6.07, 6.45) is 2.32. The Kier molecular flexibility index (Phi) is 10.4. The number of hydrogen-bond donors (Lipinski definition) is 0. The molecule has 3 aromatic carbocycles. The van der Waals surface area contributed by atoms with Gasteiger partial charge in [-0.05, 0) is 74.2 Å². The van der Waals surface area contributed by atoms with E-state index in [1.54, 1.807) is 30.3 Å². The summed E-state index contributed by atoms with van der Waals surface area (Å²) < 4.78 is 36.4. The second-order valence-electron chi connectivity index (χ2n) is 8.31. The van der Waals surface area contributed by atoms with Gasteiger partial charge in [-0.25, -0.2) is 4.39 Å². The molecule has 0 spiro atoms. The van der Waals surface area contributed by atoms with Gasteiger partial charge in [0.25, 0.3) is 0 Å². The minimum absolute atomic E-state index is 0.171. The predicted molar refractivity (Wildman–Crippen MR) is 139 cm³/mol. The van der Waals surface area contributed by atoms with Crippen LogP contribution >= 0.6 is 11.6 Å². The number of halogens is 2. The smallest absolute Gasteiger partial charge is 0.306 e. The number of esters is 1. The van der Waals surface area contributed by atoms with Crippen molar-refractivity contribution >= 4 is 17.6 Å². The Labute approximate surface area is 217 Å². The van der Waals surface area contributed by atoms with Gasteiger partial charge in [0.05, 0.1) is 19.3 Å². The SMILES string of the molecule is CCOC(=O)CCc1ccc(OCCC(C)Oc2ccc(Cl)cc2Oc2cccc(F)c2)cc1CC. The Bertz CT molecular complexity index is 1150. The van der Waals surface area contributed by atoms with Crippen molar-refractivity contribution in [2.75, 3.05) is 13.2 Å². The van der Waals surface area contributed by atoms with Gasteiger partial charge in [0.15, 0.2) is 11.5 Å². The van der Waals surface area contributed by atoms with Crippen molar-refractivity contribution in [3.05, 3.63) is 82.6 Å². The number of aryl methyl sites for hydroxylation is 2. The maximum Gasteiger partial charge on any atom is 0.306 e. The lowest BCUT2D eigenvalue weighted by Crippen LogP contribution is -2.16. The zero-order chi connectivity index (χ0) is 25.9. The van der Waals surface area contributed by atoms with Crippen LogP contribution in [0.5, 0.6) is 23.0 Å². The Morgan fingerprint density at radius 2 is 1.81 bits per heavy atom. The van der Waals surface area contributed by atoms with Gasteiger partial charge in [-0.1, -0.05) is 30.7 Å². The van der Waals surface area contributed by atoms with Crippen molar-refractivity contribution in [1.29, 1.82) is 0 Å². The zero-order valence-corrected chi connectivity index (χ0v) is 21.6. The molecule has 36 heavy (non-hydrogen) atoms. The molecule has 0 aliphatic carbocycles. The summed E-state index contributed by atoms with van der Waals surface area (Å²) in [6, 6.07) is 16.9. The van der Waals surface area contributed by atoms with E-state index in [0.717, 1.165) is 23.3 Å². The lowest BCUT2D eigenvalue weighted by atomic mass is 10.0. The highest BCUT2D eigenvalue weighted by Crippen LogP contribution is 2.35. The van der Waals surface area contributed by atoms with E-state index >= 15 is 0 Å². The molecule has 0 aromatic heterocycles. The predicted octanol–water partition coefficient (Wildman–Crippen LogP) is 7.57. The van der Waals surface area contributed by atoms with Gasteiger partial charge in [0.1, 0.15) is 17.3 Å². The normalized spacial score (nSPS) is 11.6. The monoisotopic (exact) mass is 514 g/mol. The van der Waals surface area contributed by atoms with Crippen molar-refractivity contribution < 1.29 is 28.1 Å². The topological polar surface area (TPSA) is 54.0 Å². The van der Waals surface area contributed by atoms with E-state index in [1.165, 1.54) is 12.1 Å². The maximum absolute atomic E-state index is 13.5. The van der Waals surface area contributed by atoms with Gasteiger partial charge in [0, 0.05) is 30.0 Å². The minimum atomic E-state index is -0.388. The summed E-state index contributed by atoms with van der Waals surface area (Å²) in [7, 11) is 0. The molecule has 0 aliphatic rings. The fourth-order valence-corrected chi connectivity index (χ4v) is 3.83. The van der Waals surface area contributed by atoms with Crippen molar-refractivity contribution in [2.24, 2.45) is 0 Å². The van der Waals surface area contributed by atoms with Crippen LogP contribution in [0.4, 0.5) is 4.39 Å². The Morgan fingerprint density at radius 3 is 2.56 bits per heavy atom. The van der Waals surface area contributed by atoms with Crippen LogP contribution in [0.1, 0.15) is 44.7 Å². The highest BCUT2D eigenvalue weighted by molar-refractivity contribution is 6.30. The summed E-state index contributed by atoms with van der Waals surface area (Å²) in [6.45, 7) is 6.69. The van der Waals surface area contributed by atoms with Crippen molar-refractivity contribution in [3.8, 4) is 23.0 Å². The molecule has 0 aliphatic heterocycles. The first kappa shape index (κ1) is 27.3. The Morgan fingerprint density at radius 1 is 0.972 bits per heavy atom. The highest BCUT2D eigenvalue weighted by Gasteiger charge is 2.13. The van der Waals surface area contributed by atoms with Gasteiger partial charge in [-0.2, -0.15) is 0 Å². The number of benzene rings is 3. The molecule has 0 saturated carbocycles. The minimum Gasteiger partial charge on any atom is -0.493 e. The van der Waals surface area contributed by atoms with Gasteiger partial charge in [-0.15, -0.1) is 0 Å². The Hall–Kier alpha value is -3.25. The van der Waals surface area contributed by atoms with Crippen LogP contribution in [-0.4, -0.2) is 25.3 Å². The summed E-state index contributed by atoms with van der Waals surface area (Å²) in [5.41, 5.74) is 2.28. The molecular formula is C29H32ClFO5. The third-order valence-corrected chi connectivity index (χ3v) is 5.75. The molecule has 192 valence electrons. The van der Waals surface area contributed by atoms with E-state index in [2.05, 4.69) is 6.92 Å². The fraction of sp³-hybridized carbons (Fsp3) is 0.345. The summed E-state index contributed by atoms with van der Waals surface area (Å²) in [4.78, 5) is 11.7. The molecule has 5 nitrogen and oxygen atoms in total. The third kappa shape index (κ3) is 8.45. The quantitative estimate of drug-likeness (QED) is 0.220. The molecule has 0 N–H and O–H groups in total. The molecule has 0 bridgehead atoms. The van der Waals surface area contributed by atoms with Crippen LogP contribution < -0.4 is 14.2 Å². The van der Waals surface area contributed by atoms with Crippen LogP contribution in [0.2, 0.25) is 5.02 Å². The van der Waals surface area contributed by atoms with Crippen molar-refractivity contribution in [1.82, 2.24) is 0 Å². The number of carbonyl (C=O) groups excluding carboxylic acids is 1. The standard InChI is InChI=1S/C29H32ClFO5/c1-4-21-17-25(12-9-22(21)10-14-29(32)33-5-2)34-16-15-20(3)35-27-13-11-23(30)18-28(27)36-26-8-6-7-24(31)19-26/h6-9,11-13,17-20H,4-5,10,14-16H2,1-3H3. The van der Waals surface area contributed by atoms with E-state index in [4.69, 9.17) is 30.5 Å². The number of rotatable bonds is 13. The van der Waals surface area contributed by atoms with Crippen molar-refractivity contribution in [2.45, 2.75) is 52.6 Å². The van der Waals surface area contributed by atoms with Gasteiger partial charge in [-0.3, -0.25) is 4.79 Å². The van der Waals surface area contributed by atoms with Crippen LogP contribution in [0.25, 0.3) is 0 Å². The van der Waals surface area contributed by atoms with Crippen LogP contribution in [-0.2, 0) is 22.4 Å². The molecule has 3 rings (SSSR count). The number of hydrogen-bond acceptors (Lipinski definition) is 5. The molecule has 0 radical (unpaired) electrons. The second kappa shape index (κ2) is 13.7. The first-order valence-electron chi connectivity index (χ1n) is 12.2.